The summed E-state index contributed by atoms with van der Waals surface area (Å²) in [4.78, 5) is 7.92. The second kappa shape index (κ2) is 4.45. The molecule has 2 aromatic rings. The molecule has 3 heteroatoms. The monoisotopic (exact) mass is 203 g/mol. The molecule has 1 aromatic carbocycles. The second-order valence-electron chi connectivity index (χ2n) is 3.85. The number of hydrogen-bond donors (Lipinski definition) is 2. The first-order chi connectivity index (χ1) is 7.31. The zero-order valence-electron chi connectivity index (χ0n) is 9.25. The molecule has 0 bridgehead atoms. The van der Waals surface area contributed by atoms with E-state index in [0.29, 0.717) is 5.92 Å². The molecule has 1 atom stereocenters. The Kier molecular flexibility index (Phi) is 3.02. The van der Waals surface area contributed by atoms with E-state index in [2.05, 4.69) is 35.2 Å². The van der Waals surface area contributed by atoms with E-state index in [1.807, 2.05) is 18.2 Å². The van der Waals surface area contributed by atoms with Gasteiger partial charge in [-0.2, -0.15) is 0 Å². The third kappa shape index (κ3) is 2.18. The van der Waals surface area contributed by atoms with Crippen LogP contribution < -0.4 is 5.32 Å². The first-order valence-corrected chi connectivity index (χ1v) is 5.46. The molecule has 1 heterocycles. The number of nitrogens with zero attached hydrogens (tertiary/aromatic N) is 1. The maximum absolute atomic E-state index is 4.57. The SMILES string of the molecule is CCNCC(C)c1nc2ccccc2[nH]1. The van der Waals surface area contributed by atoms with Crippen LogP contribution in [0.25, 0.3) is 11.0 Å². The Bertz CT molecular complexity index is 400. The van der Waals surface area contributed by atoms with Gasteiger partial charge in [-0.15, -0.1) is 0 Å². The summed E-state index contributed by atoms with van der Waals surface area (Å²) in [6.45, 7) is 6.27. The highest BCUT2D eigenvalue weighted by Gasteiger charge is 2.09. The number of nitrogens with one attached hydrogen (secondary N) is 2. The van der Waals surface area contributed by atoms with Gasteiger partial charge in [-0.3, -0.25) is 0 Å². The van der Waals surface area contributed by atoms with Crippen molar-refractivity contribution in [2.45, 2.75) is 19.8 Å². The minimum Gasteiger partial charge on any atom is -0.342 e. The molecule has 2 rings (SSSR count). The van der Waals surface area contributed by atoms with Gasteiger partial charge in [0.2, 0.25) is 0 Å². The van der Waals surface area contributed by atoms with Crippen LogP contribution in [0, 0.1) is 0 Å². The summed E-state index contributed by atoms with van der Waals surface area (Å²) in [5, 5.41) is 3.33. The largest absolute Gasteiger partial charge is 0.342 e. The van der Waals surface area contributed by atoms with E-state index in [4.69, 9.17) is 0 Å². The first-order valence-electron chi connectivity index (χ1n) is 5.46. The van der Waals surface area contributed by atoms with Gasteiger partial charge in [0.25, 0.3) is 0 Å². The zero-order chi connectivity index (χ0) is 10.7. The lowest BCUT2D eigenvalue weighted by molar-refractivity contribution is 0.614. The summed E-state index contributed by atoms with van der Waals surface area (Å²) in [5.74, 6) is 1.49. The molecule has 0 aliphatic rings. The van der Waals surface area contributed by atoms with Gasteiger partial charge in [-0.25, -0.2) is 4.98 Å². The Balaban J connectivity index is 2.20. The highest BCUT2D eigenvalue weighted by molar-refractivity contribution is 5.74. The number of benzene rings is 1. The van der Waals surface area contributed by atoms with Crippen LogP contribution >= 0.6 is 0 Å². The van der Waals surface area contributed by atoms with Gasteiger partial charge in [-0.1, -0.05) is 26.0 Å². The van der Waals surface area contributed by atoms with Crippen LogP contribution in [0.15, 0.2) is 24.3 Å². The molecule has 80 valence electrons. The molecule has 0 radical (unpaired) electrons. The van der Waals surface area contributed by atoms with E-state index in [1.54, 1.807) is 0 Å². The Morgan fingerprint density at radius 2 is 2.20 bits per heavy atom. The lowest BCUT2D eigenvalue weighted by atomic mass is 10.2. The number of aromatic amines is 1. The van der Waals surface area contributed by atoms with E-state index in [1.165, 1.54) is 0 Å². The van der Waals surface area contributed by atoms with Crippen molar-refractivity contribution in [3.8, 4) is 0 Å². The van der Waals surface area contributed by atoms with Crippen molar-refractivity contribution >= 4 is 11.0 Å². The summed E-state index contributed by atoms with van der Waals surface area (Å²) in [5.41, 5.74) is 2.17. The number of aromatic nitrogens is 2. The van der Waals surface area contributed by atoms with Crippen molar-refractivity contribution in [1.82, 2.24) is 15.3 Å². The molecule has 0 saturated heterocycles. The number of para-hydroxylation sites is 2. The molecule has 0 amide bonds. The lowest BCUT2D eigenvalue weighted by Crippen LogP contribution is -2.19. The van der Waals surface area contributed by atoms with Crippen LogP contribution in [0.5, 0.6) is 0 Å². The fourth-order valence-corrected chi connectivity index (χ4v) is 1.66. The van der Waals surface area contributed by atoms with Gasteiger partial charge in [0.15, 0.2) is 0 Å². The summed E-state index contributed by atoms with van der Waals surface area (Å²) >= 11 is 0. The quantitative estimate of drug-likeness (QED) is 0.800. The summed E-state index contributed by atoms with van der Waals surface area (Å²) in [6.07, 6.45) is 0. The van der Waals surface area contributed by atoms with Crippen molar-refractivity contribution < 1.29 is 0 Å². The summed E-state index contributed by atoms with van der Waals surface area (Å²) < 4.78 is 0. The molecule has 0 fully saturated rings. The predicted octanol–water partition coefficient (Wildman–Crippen LogP) is 2.28. The molecule has 2 N–H and O–H groups in total. The molecule has 1 aromatic heterocycles. The first kappa shape index (κ1) is 10.2. The molecule has 0 spiro atoms. The van der Waals surface area contributed by atoms with E-state index in [-0.39, 0.29) is 0 Å². The fourth-order valence-electron chi connectivity index (χ4n) is 1.66. The number of rotatable bonds is 4. The Hall–Kier alpha value is -1.35. The standard InChI is InChI=1S/C12H17N3/c1-3-13-8-9(2)12-14-10-6-4-5-7-11(10)15-12/h4-7,9,13H,3,8H2,1-2H3,(H,14,15). The normalized spacial score (nSPS) is 13.2. The van der Waals surface area contributed by atoms with Gasteiger partial charge in [0, 0.05) is 12.5 Å². The molecule has 0 aliphatic carbocycles. The lowest BCUT2D eigenvalue weighted by Gasteiger charge is -2.07. The summed E-state index contributed by atoms with van der Waals surface area (Å²) in [7, 11) is 0. The number of likely N-dealkylation sites (N-methyl/N-ethyl adjacent to an activating group) is 1. The maximum atomic E-state index is 4.57. The van der Waals surface area contributed by atoms with Crippen LogP contribution in [0.4, 0.5) is 0 Å². The number of H-pyrrole nitrogens is 1. The second-order valence-corrected chi connectivity index (χ2v) is 3.85. The molecule has 0 saturated carbocycles. The number of hydrogen-bond acceptors (Lipinski definition) is 2. The van der Waals surface area contributed by atoms with Crippen LogP contribution in [0.2, 0.25) is 0 Å². The highest BCUT2D eigenvalue weighted by atomic mass is 14.9. The average molecular weight is 203 g/mol. The van der Waals surface area contributed by atoms with Crippen LogP contribution in [-0.4, -0.2) is 23.1 Å². The third-order valence-electron chi connectivity index (χ3n) is 2.58. The van der Waals surface area contributed by atoms with Gasteiger partial charge in [-0.05, 0) is 18.7 Å². The van der Waals surface area contributed by atoms with E-state index < -0.39 is 0 Å². The molecule has 15 heavy (non-hydrogen) atoms. The van der Waals surface area contributed by atoms with Gasteiger partial charge >= 0.3 is 0 Å². The van der Waals surface area contributed by atoms with Crippen molar-refractivity contribution in [2.24, 2.45) is 0 Å². The third-order valence-corrected chi connectivity index (χ3v) is 2.58. The molecular weight excluding hydrogens is 186 g/mol. The number of imidazole rings is 1. The van der Waals surface area contributed by atoms with Gasteiger partial charge < -0.3 is 10.3 Å². The Labute approximate surface area is 89.9 Å². The molecular formula is C12H17N3. The van der Waals surface area contributed by atoms with E-state index in [9.17, 15) is 0 Å². The zero-order valence-corrected chi connectivity index (χ0v) is 9.25. The Morgan fingerprint density at radius 3 is 2.93 bits per heavy atom. The van der Waals surface area contributed by atoms with Gasteiger partial charge in [0.05, 0.1) is 11.0 Å². The predicted molar refractivity (Wildman–Crippen MR) is 63.1 cm³/mol. The van der Waals surface area contributed by atoms with Crippen LogP contribution in [0.1, 0.15) is 25.6 Å². The highest BCUT2D eigenvalue weighted by Crippen LogP contribution is 2.16. The minimum absolute atomic E-state index is 0.428. The average Bonchev–Trinajstić information content (AvgIpc) is 2.69. The fraction of sp³-hybridized carbons (Fsp3) is 0.417. The Morgan fingerprint density at radius 1 is 1.40 bits per heavy atom. The topological polar surface area (TPSA) is 40.7 Å². The van der Waals surface area contributed by atoms with Crippen molar-refractivity contribution in [1.29, 1.82) is 0 Å². The molecule has 0 aliphatic heterocycles. The molecule has 3 nitrogen and oxygen atoms in total. The number of fused-ring (bicyclic) bond motifs is 1. The van der Waals surface area contributed by atoms with E-state index >= 15 is 0 Å². The maximum Gasteiger partial charge on any atom is 0.111 e. The summed E-state index contributed by atoms with van der Waals surface area (Å²) in [6, 6.07) is 8.14. The molecule has 1 unspecified atom stereocenters. The van der Waals surface area contributed by atoms with Crippen LogP contribution in [-0.2, 0) is 0 Å². The smallest absolute Gasteiger partial charge is 0.111 e. The van der Waals surface area contributed by atoms with Crippen molar-refractivity contribution in [3.05, 3.63) is 30.1 Å². The van der Waals surface area contributed by atoms with E-state index in [0.717, 1.165) is 29.9 Å². The van der Waals surface area contributed by atoms with Gasteiger partial charge in [0.1, 0.15) is 5.82 Å². The van der Waals surface area contributed by atoms with Crippen molar-refractivity contribution in [3.63, 3.8) is 0 Å². The van der Waals surface area contributed by atoms with Crippen LogP contribution in [0.3, 0.4) is 0 Å². The van der Waals surface area contributed by atoms with Crippen molar-refractivity contribution in [2.75, 3.05) is 13.1 Å². The minimum atomic E-state index is 0.428.